The van der Waals surface area contributed by atoms with Gasteiger partial charge < -0.3 is 14.9 Å². The summed E-state index contributed by atoms with van der Waals surface area (Å²) in [7, 11) is 0. The van der Waals surface area contributed by atoms with E-state index < -0.39 is 5.97 Å². The Morgan fingerprint density at radius 3 is 2.48 bits per heavy atom. The van der Waals surface area contributed by atoms with Gasteiger partial charge in [-0.25, -0.2) is 0 Å². The second-order valence-electron chi connectivity index (χ2n) is 5.45. The number of nitrogens with zero attached hydrogens (tertiary/aromatic N) is 2. The normalized spacial score (nSPS) is 15.1. The van der Waals surface area contributed by atoms with Gasteiger partial charge in [0.25, 0.3) is 0 Å². The summed E-state index contributed by atoms with van der Waals surface area (Å²) in [6, 6.07) is 8.38. The zero-order valence-electron chi connectivity index (χ0n) is 12.4. The number of piperazine rings is 1. The Bertz CT molecular complexity index is 508. The summed E-state index contributed by atoms with van der Waals surface area (Å²) >= 11 is 0. The molecule has 0 bridgehead atoms. The molecule has 2 rings (SSSR count). The Labute approximate surface area is 125 Å². The maximum Gasteiger partial charge on any atom is 0.303 e. The molecule has 0 atom stereocenters. The van der Waals surface area contributed by atoms with Crippen LogP contribution in [0.25, 0.3) is 0 Å². The van der Waals surface area contributed by atoms with E-state index in [2.05, 4.69) is 30.0 Å². The van der Waals surface area contributed by atoms with Crippen LogP contribution in [0.1, 0.15) is 24.8 Å². The fourth-order valence-corrected chi connectivity index (χ4v) is 2.59. The number of carbonyl (C=O) groups is 2. The van der Waals surface area contributed by atoms with Gasteiger partial charge in [0.05, 0.1) is 0 Å². The molecule has 0 aromatic heterocycles. The molecule has 1 aliphatic heterocycles. The van der Waals surface area contributed by atoms with Gasteiger partial charge >= 0.3 is 5.97 Å². The van der Waals surface area contributed by atoms with Crippen LogP contribution in [-0.2, 0) is 9.59 Å². The monoisotopic (exact) mass is 290 g/mol. The number of rotatable bonds is 5. The molecule has 5 nitrogen and oxygen atoms in total. The zero-order chi connectivity index (χ0) is 15.2. The summed E-state index contributed by atoms with van der Waals surface area (Å²) in [6.45, 7) is 5.15. The fraction of sp³-hybridized carbons (Fsp3) is 0.500. The quantitative estimate of drug-likeness (QED) is 0.899. The maximum absolute atomic E-state index is 12.0. The minimum atomic E-state index is -0.841. The van der Waals surface area contributed by atoms with Crippen molar-refractivity contribution in [2.45, 2.75) is 26.2 Å². The molecule has 0 spiro atoms. The standard InChI is InChI=1S/C16H22N2O3/c1-13-4-2-5-14(12-13)17-8-10-18(11-9-17)15(19)6-3-7-16(20)21/h2,4-5,12H,3,6-11H2,1H3,(H,20,21). The first-order valence-corrected chi connectivity index (χ1v) is 7.37. The number of carboxylic acids is 1. The smallest absolute Gasteiger partial charge is 0.303 e. The number of amides is 1. The lowest BCUT2D eigenvalue weighted by molar-refractivity contribution is -0.137. The molecule has 1 heterocycles. The van der Waals surface area contributed by atoms with Gasteiger partial charge in [-0.15, -0.1) is 0 Å². The molecule has 1 saturated heterocycles. The second kappa shape index (κ2) is 7.11. The molecule has 0 aliphatic carbocycles. The van der Waals surface area contributed by atoms with Gasteiger partial charge in [0.1, 0.15) is 0 Å². The van der Waals surface area contributed by atoms with E-state index in [1.54, 1.807) is 0 Å². The van der Waals surface area contributed by atoms with E-state index in [0.29, 0.717) is 25.9 Å². The maximum atomic E-state index is 12.0. The van der Waals surface area contributed by atoms with Gasteiger partial charge in [-0.2, -0.15) is 0 Å². The highest BCUT2D eigenvalue weighted by Gasteiger charge is 2.21. The molecule has 21 heavy (non-hydrogen) atoms. The van der Waals surface area contributed by atoms with E-state index >= 15 is 0 Å². The van der Waals surface area contributed by atoms with Crippen LogP contribution in [0.3, 0.4) is 0 Å². The zero-order valence-corrected chi connectivity index (χ0v) is 12.4. The highest BCUT2D eigenvalue weighted by atomic mass is 16.4. The molecule has 114 valence electrons. The Morgan fingerprint density at radius 2 is 1.86 bits per heavy atom. The summed E-state index contributed by atoms with van der Waals surface area (Å²) in [5.41, 5.74) is 2.44. The van der Waals surface area contributed by atoms with Crippen molar-refractivity contribution in [1.82, 2.24) is 4.90 Å². The fourth-order valence-electron chi connectivity index (χ4n) is 2.59. The Morgan fingerprint density at radius 1 is 1.14 bits per heavy atom. The third-order valence-electron chi connectivity index (χ3n) is 3.78. The third-order valence-corrected chi connectivity index (χ3v) is 3.78. The summed E-state index contributed by atoms with van der Waals surface area (Å²) in [4.78, 5) is 26.6. The van der Waals surface area contributed by atoms with Crippen LogP contribution in [0.2, 0.25) is 0 Å². The Kier molecular flexibility index (Phi) is 5.20. The average molecular weight is 290 g/mol. The molecule has 0 saturated carbocycles. The van der Waals surface area contributed by atoms with Crippen molar-refractivity contribution >= 4 is 17.6 Å². The first-order valence-electron chi connectivity index (χ1n) is 7.37. The van der Waals surface area contributed by atoms with E-state index in [4.69, 9.17) is 5.11 Å². The van der Waals surface area contributed by atoms with Crippen LogP contribution in [0, 0.1) is 6.92 Å². The van der Waals surface area contributed by atoms with E-state index in [1.165, 1.54) is 11.3 Å². The molecular weight excluding hydrogens is 268 g/mol. The number of aryl methyl sites for hydroxylation is 1. The average Bonchev–Trinajstić information content (AvgIpc) is 2.47. The van der Waals surface area contributed by atoms with E-state index in [0.717, 1.165) is 13.1 Å². The first-order chi connectivity index (χ1) is 10.1. The van der Waals surface area contributed by atoms with Gasteiger partial charge in [0.2, 0.25) is 5.91 Å². The molecule has 0 radical (unpaired) electrons. The SMILES string of the molecule is Cc1cccc(N2CCN(C(=O)CCCC(=O)O)CC2)c1. The highest BCUT2D eigenvalue weighted by Crippen LogP contribution is 2.18. The van der Waals surface area contributed by atoms with E-state index in [1.807, 2.05) is 11.0 Å². The van der Waals surface area contributed by atoms with E-state index in [9.17, 15) is 9.59 Å². The largest absolute Gasteiger partial charge is 0.481 e. The summed E-state index contributed by atoms with van der Waals surface area (Å²) < 4.78 is 0. The van der Waals surface area contributed by atoms with Crippen LogP contribution in [0.15, 0.2) is 24.3 Å². The number of anilines is 1. The number of aliphatic carboxylic acids is 1. The number of hydrogen-bond donors (Lipinski definition) is 1. The van der Waals surface area contributed by atoms with Crippen LogP contribution in [0.4, 0.5) is 5.69 Å². The van der Waals surface area contributed by atoms with Crippen molar-refractivity contribution in [1.29, 1.82) is 0 Å². The van der Waals surface area contributed by atoms with Crippen molar-refractivity contribution in [3.8, 4) is 0 Å². The van der Waals surface area contributed by atoms with Crippen molar-refractivity contribution in [3.63, 3.8) is 0 Å². The Balaban J connectivity index is 1.80. The van der Waals surface area contributed by atoms with Crippen molar-refractivity contribution < 1.29 is 14.7 Å². The van der Waals surface area contributed by atoms with Crippen molar-refractivity contribution in [2.24, 2.45) is 0 Å². The van der Waals surface area contributed by atoms with Crippen LogP contribution >= 0.6 is 0 Å². The molecule has 1 fully saturated rings. The topological polar surface area (TPSA) is 60.9 Å². The third kappa shape index (κ3) is 4.48. The van der Waals surface area contributed by atoms with Crippen LogP contribution in [0.5, 0.6) is 0 Å². The van der Waals surface area contributed by atoms with Gasteiger partial charge in [0.15, 0.2) is 0 Å². The molecule has 1 amide bonds. The van der Waals surface area contributed by atoms with Crippen LogP contribution < -0.4 is 4.90 Å². The van der Waals surface area contributed by atoms with Crippen molar-refractivity contribution in [2.75, 3.05) is 31.1 Å². The lowest BCUT2D eigenvalue weighted by Gasteiger charge is -2.36. The van der Waals surface area contributed by atoms with Gasteiger partial charge in [-0.05, 0) is 31.0 Å². The molecule has 1 aromatic rings. The highest BCUT2D eigenvalue weighted by molar-refractivity contribution is 5.77. The minimum Gasteiger partial charge on any atom is -0.481 e. The summed E-state index contributed by atoms with van der Waals surface area (Å²) in [6.07, 6.45) is 0.817. The number of hydrogen-bond acceptors (Lipinski definition) is 3. The number of benzene rings is 1. The lowest BCUT2D eigenvalue weighted by atomic mass is 10.1. The predicted octanol–water partition coefficient (Wildman–Crippen LogP) is 1.90. The first kappa shape index (κ1) is 15.4. The molecule has 1 aliphatic rings. The number of carboxylic acid groups (broad SMARTS) is 1. The van der Waals surface area contributed by atoms with Gasteiger partial charge in [0, 0.05) is 44.7 Å². The lowest BCUT2D eigenvalue weighted by Crippen LogP contribution is -2.48. The minimum absolute atomic E-state index is 0.0645. The van der Waals surface area contributed by atoms with Gasteiger partial charge in [-0.3, -0.25) is 9.59 Å². The summed E-state index contributed by atoms with van der Waals surface area (Å²) in [5, 5.41) is 8.59. The second-order valence-corrected chi connectivity index (χ2v) is 5.45. The van der Waals surface area contributed by atoms with E-state index in [-0.39, 0.29) is 12.3 Å². The molecular formula is C16H22N2O3. The molecule has 1 N–H and O–H groups in total. The number of carbonyl (C=O) groups excluding carboxylic acids is 1. The van der Waals surface area contributed by atoms with Gasteiger partial charge in [-0.1, -0.05) is 12.1 Å². The Hall–Kier alpha value is -2.04. The molecule has 1 aromatic carbocycles. The molecule has 0 unspecified atom stereocenters. The van der Waals surface area contributed by atoms with Crippen molar-refractivity contribution in [3.05, 3.63) is 29.8 Å². The predicted molar refractivity (Wildman–Crippen MR) is 81.5 cm³/mol. The van der Waals surface area contributed by atoms with Crippen LogP contribution in [-0.4, -0.2) is 48.1 Å². The molecule has 5 heteroatoms. The summed E-state index contributed by atoms with van der Waals surface area (Å²) in [5.74, 6) is -0.771.